The molecule has 0 aliphatic carbocycles. The van der Waals surface area contributed by atoms with Crippen LogP contribution in [0.1, 0.15) is 12.0 Å². The molecule has 10 heteroatoms. The number of nitrogens with zero attached hydrogens (tertiary/aromatic N) is 1. The van der Waals surface area contributed by atoms with Crippen molar-refractivity contribution in [3.63, 3.8) is 0 Å². The molecule has 190 valence electrons. The summed E-state index contributed by atoms with van der Waals surface area (Å²) in [5.41, 5.74) is 2.23. The summed E-state index contributed by atoms with van der Waals surface area (Å²) in [6, 6.07) is 19.6. The molecule has 0 aromatic heterocycles. The first-order valence-corrected chi connectivity index (χ1v) is 12.5. The fourth-order valence-electron chi connectivity index (χ4n) is 4.12. The third-order valence-electron chi connectivity index (χ3n) is 6.05. The van der Waals surface area contributed by atoms with Crippen LogP contribution in [0.4, 0.5) is 11.4 Å². The Kier molecular flexibility index (Phi) is 7.27. The fourth-order valence-corrected chi connectivity index (χ4v) is 4.38. The third kappa shape index (κ3) is 6.03. The average molecular weight is 566 g/mol. The summed E-state index contributed by atoms with van der Waals surface area (Å²) in [5.74, 6) is 0.824. The lowest BCUT2D eigenvalue weighted by atomic mass is 10.1. The predicted octanol–water partition coefficient (Wildman–Crippen LogP) is 3.86. The molecule has 1 atom stereocenters. The largest absolute Gasteiger partial charge is 0.484 e. The minimum atomic E-state index is -0.445. The van der Waals surface area contributed by atoms with Crippen molar-refractivity contribution in [3.8, 4) is 17.2 Å². The lowest BCUT2D eigenvalue weighted by Crippen LogP contribution is -2.32. The molecule has 37 heavy (non-hydrogen) atoms. The van der Waals surface area contributed by atoms with Crippen LogP contribution in [0.5, 0.6) is 17.2 Å². The average Bonchev–Trinajstić information content (AvgIpc) is 3.54. The second-order valence-electron chi connectivity index (χ2n) is 8.65. The van der Waals surface area contributed by atoms with Crippen molar-refractivity contribution < 1.29 is 28.6 Å². The summed E-state index contributed by atoms with van der Waals surface area (Å²) in [6.45, 7) is 0.674. The van der Waals surface area contributed by atoms with Gasteiger partial charge in [0.25, 0.3) is 5.91 Å². The Morgan fingerprint density at radius 3 is 2.54 bits per heavy atom. The van der Waals surface area contributed by atoms with Gasteiger partial charge < -0.3 is 29.7 Å². The number of fused-ring (bicyclic) bond motifs is 1. The van der Waals surface area contributed by atoms with E-state index in [2.05, 4.69) is 26.6 Å². The van der Waals surface area contributed by atoms with Crippen molar-refractivity contribution in [1.82, 2.24) is 5.32 Å². The highest BCUT2D eigenvalue weighted by atomic mass is 79.9. The number of rotatable bonds is 8. The molecule has 2 heterocycles. The molecule has 1 saturated heterocycles. The number of halogens is 1. The van der Waals surface area contributed by atoms with Crippen LogP contribution in [0.3, 0.4) is 0 Å². The summed E-state index contributed by atoms with van der Waals surface area (Å²) >= 11 is 3.35. The van der Waals surface area contributed by atoms with Crippen LogP contribution in [0, 0.1) is 5.92 Å². The van der Waals surface area contributed by atoms with Gasteiger partial charge in [-0.1, -0.05) is 22.0 Å². The molecule has 2 aliphatic rings. The van der Waals surface area contributed by atoms with Crippen LogP contribution >= 0.6 is 15.9 Å². The molecular formula is C27H24BrN3O6. The Hall–Kier alpha value is -4.05. The van der Waals surface area contributed by atoms with E-state index >= 15 is 0 Å². The highest BCUT2D eigenvalue weighted by Gasteiger charge is 2.35. The van der Waals surface area contributed by atoms with E-state index in [-0.39, 0.29) is 37.5 Å². The number of carbonyl (C=O) groups is 3. The second-order valence-corrected chi connectivity index (χ2v) is 9.56. The normalized spacial score (nSPS) is 16.0. The lowest BCUT2D eigenvalue weighted by Gasteiger charge is -2.17. The monoisotopic (exact) mass is 565 g/mol. The molecule has 1 fully saturated rings. The van der Waals surface area contributed by atoms with Crippen LogP contribution in [0.2, 0.25) is 0 Å². The molecule has 2 aliphatic heterocycles. The van der Waals surface area contributed by atoms with Crippen LogP contribution in [0.25, 0.3) is 0 Å². The number of benzene rings is 3. The number of hydrogen-bond acceptors (Lipinski definition) is 6. The highest BCUT2D eigenvalue weighted by molar-refractivity contribution is 9.10. The molecular weight excluding hydrogens is 542 g/mol. The van der Waals surface area contributed by atoms with Gasteiger partial charge in [-0.3, -0.25) is 14.4 Å². The SMILES string of the molecule is O=C(COc1ccc(N2C[C@H](C(=O)NCc3ccc4c(c3)OCO4)CC2=O)cc1)Nc1ccc(Br)cc1. The molecule has 5 rings (SSSR count). The van der Waals surface area contributed by atoms with Crippen molar-refractivity contribution in [2.75, 3.05) is 30.2 Å². The van der Waals surface area contributed by atoms with Crippen molar-refractivity contribution in [1.29, 1.82) is 0 Å². The van der Waals surface area contributed by atoms with Gasteiger partial charge in [-0.05, 0) is 66.2 Å². The lowest BCUT2D eigenvalue weighted by molar-refractivity contribution is -0.126. The zero-order valence-corrected chi connectivity index (χ0v) is 21.3. The molecule has 9 nitrogen and oxygen atoms in total. The molecule has 3 aromatic carbocycles. The molecule has 0 bridgehead atoms. The van der Waals surface area contributed by atoms with Crippen molar-refractivity contribution >= 4 is 45.0 Å². The number of carbonyl (C=O) groups excluding carboxylic acids is 3. The molecule has 3 aromatic rings. The first-order valence-electron chi connectivity index (χ1n) is 11.7. The Labute approximate surface area is 221 Å². The Morgan fingerprint density at radius 1 is 1.00 bits per heavy atom. The number of amides is 3. The third-order valence-corrected chi connectivity index (χ3v) is 6.57. The van der Waals surface area contributed by atoms with Crippen molar-refractivity contribution in [2.45, 2.75) is 13.0 Å². The van der Waals surface area contributed by atoms with Crippen LogP contribution in [-0.4, -0.2) is 37.7 Å². The van der Waals surface area contributed by atoms with Gasteiger partial charge in [0.15, 0.2) is 18.1 Å². The van der Waals surface area contributed by atoms with Gasteiger partial charge in [-0.2, -0.15) is 0 Å². The van der Waals surface area contributed by atoms with E-state index in [9.17, 15) is 14.4 Å². The first kappa shape index (κ1) is 24.6. The Morgan fingerprint density at radius 2 is 1.76 bits per heavy atom. The smallest absolute Gasteiger partial charge is 0.262 e. The number of ether oxygens (including phenoxy) is 3. The van der Waals surface area contributed by atoms with Gasteiger partial charge in [0, 0.05) is 35.4 Å². The van der Waals surface area contributed by atoms with Crippen molar-refractivity contribution in [2.24, 2.45) is 5.92 Å². The number of hydrogen-bond donors (Lipinski definition) is 2. The summed E-state index contributed by atoms with van der Waals surface area (Å²) < 4.78 is 17.2. The first-order chi connectivity index (χ1) is 17.9. The maximum Gasteiger partial charge on any atom is 0.262 e. The van der Waals surface area contributed by atoms with Gasteiger partial charge in [-0.25, -0.2) is 0 Å². The standard InChI is InChI=1S/C27H24BrN3O6/c28-19-2-4-20(5-3-19)30-25(32)15-35-22-8-6-21(7-9-22)31-14-18(12-26(31)33)27(34)29-13-17-1-10-23-24(11-17)37-16-36-23/h1-11,18H,12-16H2,(H,29,34)(H,30,32)/t18-/m1/s1. The molecule has 0 unspecified atom stereocenters. The topological polar surface area (TPSA) is 106 Å². The predicted molar refractivity (Wildman–Crippen MR) is 140 cm³/mol. The second kappa shape index (κ2) is 10.9. The molecule has 0 saturated carbocycles. The quantitative estimate of drug-likeness (QED) is 0.429. The summed E-state index contributed by atoms with van der Waals surface area (Å²) in [7, 11) is 0. The molecule has 0 radical (unpaired) electrons. The maximum atomic E-state index is 12.7. The van der Waals surface area contributed by atoms with E-state index in [1.807, 2.05) is 30.3 Å². The Balaban J connectivity index is 1.10. The van der Waals surface area contributed by atoms with Gasteiger partial charge in [0.1, 0.15) is 5.75 Å². The highest BCUT2D eigenvalue weighted by Crippen LogP contribution is 2.32. The van der Waals surface area contributed by atoms with E-state index in [0.717, 1.165) is 10.0 Å². The summed E-state index contributed by atoms with van der Waals surface area (Å²) in [4.78, 5) is 39.1. The summed E-state index contributed by atoms with van der Waals surface area (Å²) in [6.07, 6.45) is 0.140. The van der Waals surface area contributed by atoms with Crippen LogP contribution in [-0.2, 0) is 20.9 Å². The van der Waals surface area contributed by atoms with Gasteiger partial charge >= 0.3 is 0 Å². The van der Waals surface area contributed by atoms with Gasteiger partial charge in [0.05, 0.1) is 5.92 Å². The van der Waals surface area contributed by atoms with Gasteiger partial charge in [0.2, 0.25) is 18.6 Å². The Bertz CT molecular complexity index is 1310. The summed E-state index contributed by atoms with van der Waals surface area (Å²) in [5, 5.41) is 5.67. The minimum absolute atomic E-state index is 0.120. The van der Waals surface area contributed by atoms with E-state index < -0.39 is 5.92 Å². The zero-order valence-electron chi connectivity index (χ0n) is 19.7. The van der Waals surface area contributed by atoms with E-state index in [1.54, 1.807) is 41.3 Å². The molecule has 0 spiro atoms. The maximum absolute atomic E-state index is 12.7. The molecule has 2 N–H and O–H groups in total. The van der Waals surface area contributed by atoms with Crippen LogP contribution < -0.4 is 29.7 Å². The van der Waals surface area contributed by atoms with E-state index in [1.165, 1.54) is 0 Å². The van der Waals surface area contributed by atoms with E-state index in [4.69, 9.17) is 14.2 Å². The van der Waals surface area contributed by atoms with Gasteiger partial charge in [-0.15, -0.1) is 0 Å². The number of nitrogens with one attached hydrogen (secondary N) is 2. The number of anilines is 2. The van der Waals surface area contributed by atoms with E-state index in [0.29, 0.717) is 41.7 Å². The molecule has 3 amide bonds. The van der Waals surface area contributed by atoms with Crippen LogP contribution in [0.15, 0.2) is 71.2 Å². The zero-order chi connectivity index (χ0) is 25.8. The minimum Gasteiger partial charge on any atom is -0.484 e. The fraction of sp³-hybridized carbons (Fsp3) is 0.222. The van der Waals surface area contributed by atoms with Crippen molar-refractivity contribution in [3.05, 3.63) is 76.8 Å².